The van der Waals surface area contributed by atoms with Gasteiger partial charge in [-0.1, -0.05) is 37.3 Å². The minimum absolute atomic E-state index is 0.481. The van der Waals surface area contributed by atoms with Gasteiger partial charge in [0.05, 0.1) is 5.60 Å². The molecule has 2 bridgehead atoms. The van der Waals surface area contributed by atoms with Crippen molar-refractivity contribution in [2.45, 2.75) is 49.8 Å². The van der Waals surface area contributed by atoms with Crippen LogP contribution in [0, 0.1) is 0 Å². The predicted octanol–water partition coefficient (Wildman–Crippen LogP) is 2.82. The summed E-state index contributed by atoms with van der Waals surface area (Å²) in [5, 5.41) is 14.6. The van der Waals surface area contributed by atoms with Crippen LogP contribution in [-0.2, 0) is 5.60 Å². The van der Waals surface area contributed by atoms with Gasteiger partial charge < -0.3 is 10.4 Å². The Bertz CT molecular complexity index is 442. The van der Waals surface area contributed by atoms with E-state index in [0.29, 0.717) is 12.1 Å². The number of hydrogen-bond acceptors (Lipinski definition) is 2. The topological polar surface area (TPSA) is 32.3 Å². The first kappa shape index (κ1) is 11.9. The fourth-order valence-electron chi connectivity index (χ4n) is 3.52. The minimum Gasteiger partial charge on any atom is -0.385 e. The lowest BCUT2D eigenvalue weighted by Gasteiger charge is -2.45. The third kappa shape index (κ3) is 2.11. The van der Waals surface area contributed by atoms with E-state index in [0.717, 1.165) is 24.0 Å². The van der Waals surface area contributed by atoms with Crippen LogP contribution in [0.4, 0.5) is 0 Å². The highest BCUT2D eigenvalue weighted by Gasteiger charge is 2.41. The van der Waals surface area contributed by atoms with Crippen molar-refractivity contribution in [1.82, 2.24) is 5.32 Å². The molecular formula is C16H21NO. The maximum absolute atomic E-state index is 11.0. The Morgan fingerprint density at radius 3 is 2.67 bits per heavy atom. The quantitative estimate of drug-likeness (QED) is 0.837. The van der Waals surface area contributed by atoms with Gasteiger partial charge in [-0.25, -0.2) is 0 Å². The Balaban J connectivity index is 1.91. The fraction of sp³-hybridized carbons (Fsp3) is 0.500. The van der Waals surface area contributed by atoms with Gasteiger partial charge in [-0.05, 0) is 42.9 Å². The molecule has 2 heteroatoms. The summed E-state index contributed by atoms with van der Waals surface area (Å²) in [5.74, 6) is 0. The molecule has 96 valence electrons. The van der Waals surface area contributed by atoms with Crippen molar-refractivity contribution in [2.24, 2.45) is 0 Å². The highest BCUT2D eigenvalue weighted by molar-refractivity contribution is 5.49. The second kappa shape index (κ2) is 4.52. The van der Waals surface area contributed by atoms with Crippen molar-refractivity contribution in [3.8, 4) is 0 Å². The van der Waals surface area contributed by atoms with E-state index in [-0.39, 0.29) is 0 Å². The van der Waals surface area contributed by atoms with E-state index in [2.05, 4.69) is 18.0 Å². The van der Waals surface area contributed by atoms with E-state index in [1.807, 2.05) is 24.3 Å². The van der Waals surface area contributed by atoms with Crippen molar-refractivity contribution in [3.63, 3.8) is 0 Å². The van der Waals surface area contributed by atoms with Gasteiger partial charge in [-0.3, -0.25) is 0 Å². The average Bonchev–Trinajstić information content (AvgIpc) is 2.38. The predicted molar refractivity (Wildman–Crippen MR) is 74.2 cm³/mol. The zero-order valence-corrected chi connectivity index (χ0v) is 10.7. The molecule has 0 spiro atoms. The molecule has 0 aliphatic carbocycles. The maximum Gasteiger partial charge on any atom is 0.0926 e. The highest BCUT2D eigenvalue weighted by Crippen LogP contribution is 2.39. The van der Waals surface area contributed by atoms with Gasteiger partial charge in [0.1, 0.15) is 0 Å². The number of nitrogens with one attached hydrogen (secondary N) is 1. The van der Waals surface area contributed by atoms with Crippen LogP contribution in [0.15, 0.2) is 30.8 Å². The summed E-state index contributed by atoms with van der Waals surface area (Å²) in [7, 11) is 0. The Labute approximate surface area is 109 Å². The molecule has 2 fully saturated rings. The SMILES string of the molecule is C=Cc1cccc(C2(O)CC3CCCC(C2)N3)c1. The summed E-state index contributed by atoms with van der Waals surface area (Å²) in [5.41, 5.74) is 1.49. The molecule has 2 unspecified atom stereocenters. The summed E-state index contributed by atoms with van der Waals surface area (Å²) in [4.78, 5) is 0. The van der Waals surface area contributed by atoms with Crippen LogP contribution in [0.2, 0.25) is 0 Å². The number of aliphatic hydroxyl groups is 1. The van der Waals surface area contributed by atoms with Crippen LogP contribution >= 0.6 is 0 Å². The van der Waals surface area contributed by atoms with Gasteiger partial charge in [-0.15, -0.1) is 0 Å². The fourth-order valence-corrected chi connectivity index (χ4v) is 3.52. The Morgan fingerprint density at radius 2 is 2.00 bits per heavy atom. The second-order valence-corrected chi connectivity index (χ2v) is 5.76. The summed E-state index contributed by atoms with van der Waals surface area (Å²) in [6, 6.07) is 9.14. The Kier molecular flexibility index (Phi) is 3.00. The van der Waals surface area contributed by atoms with E-state index >= 15 is 0 Å². The number of piperidine rings is 2. The molecule has 2 aliphatic heterocycles. The van der Waals surface area contributed by atoms with Crippen LogP contribution in [0.25, 0.3) is 6.08 Å². The molecule has 1 aromatic carbocycles. The Morgan fingerprint density at radius 1 is 1.28 bits per heavy atom. The molecule has 18 heavy (non-hydrogen) atoms. The molecule has 2 saturated heterocycles. The van der Waals surface area contributed by atoms with Crippen LogP contribution in [0.5, 0.6) is 0 Å². The van der Waals surface area contributed by atoms with E-state index < -0.39 is 5.60 Å². The monoisotopic (exact) mass is 243 g/mol. The molecule has 2 nitrogen and oxygen atoms in total. The summed E-state index contributed by atoms with van der Waals surface area (Å²) in [6.07, 6.45) is 7.20. The summed E-state index contributed by atoms with van der Waals surface area (Å²) >= 11 is 0. The maximum atomic E-state index is 11.0. The molecule has 2 heterocycles. The number of rotatable bonds is 2. The first-order valence-electron chi connectivity index (χ1n) is 6.91. The lowest BCUT2D eigenvalue weighted by atomic mass is 9.74. The van der Waals surface area contributed by atoms with Gasteiger partial charge in [0.15, 0.2) is 0 Å². The average molecular weight is 243 g/mol. The van der Waals surface area contributed by atoms with Gasteiger partial charge in [0.2, 0.25) is 0 Å². The molecule has 0 radical (unpaired) electrons. The van der Waals surface area contributed by atoms with Crippen LogP contribution in [0.1, 0.15) is 43.2 Å². The van der Waals surface area contributed by atoms with Crippen LogP contribution in [-0.4, -0.2) is 17.2 Å². The van der Waals surface area contributed by atoms with E-state index in [4.69, 9.17) is 0 Å². The molecule has 2 aliphatic rings. The van der Waals surface area contributed by atoms with Crippen molar-refractivity contribution in [2.75, 3.05) is 0 Å². The van der Waals surface area contributed by atoms with Crippen LogP contribution in [0.3, 0.4) is 0 Å². The number of fused-ring (bicyclic) bond motifs is 2. The van der Waals surface area contributed by atoms with Gasteiger partial charge in [-0.2, -0.15) is 0 Å². The molecule has 0 aromatic heterocycles. The number of benzene rings is 1. The molecule has 0 saturated carbocycles. The Hall–Kier alpha value is -1.12. The largest absolute Gasteiger partial charge is 0.385 e. The summed E-state index contributed by atoms with van der Waals surface area (Å²) in [6.45, 7) is 3.80. The number of hydrogen-bond donors (Lipinski definition) is 2. The van der Waals surface area contributed by atoms with E-state index in [1.165, 1.54) is 19.3 Å². The zero-order valence-electron chi connectivity index (χ0n) is 10.7. The van der Waals surface area contributed by atoms with Gasteiger partial charge in [0.25, 0.3) is 0 Å². The molecule has 3 rings (SSSR count). The van der Waals surface area contributed by atoms with Gasteiger partial charge >= 0.3 is 0 Å². The lowest BCUT2D eigenvalue weighted by molar-refractivity contribution is -0.0358. The highest BCUT2D eigenvalue weighted by atomic mass is 16.3. The first-order chi connectivity index (χ1) is 8.69. The normalized spacial score (nSPS) is 35.2. The van der Waals surface area contributed by atoms with E-state index in [9.17, 15) is 5.11 Å². The third-order valence-electron chi connectivity index (χ3n) is 4.40. The first-order valence-corrected chi connectivity index (χ1v) is 6.91. The lowest BCUT2D eigenvalue weighted by Crippen LogP contribution is -2.54. The standard InChI is InChI=1S/C16H21NO/c1-2-12-5-3-6-13(9-12)16(18)10-14-7-4-8-15(11-16)17-14/h2-3,5-6,9,14-15,17-18H,1,4,7-8,10-11H2. The minimum atomic E-state index is -0.653. The molecule has 2 N–H and O–H groups in total. The van der Waals surface area contributed by atoms with E-state index in [1.54, 1.807) is 0 Å². The summed E-state index contributed by atoms with van der Waals surface area (Å²) < 4.78 is 0. The molecule has 1 aromatic rings. The van der Waals surface area contributed by atoms with Crippen molar-refractivity contribution >= 4 is 6.08 Å². The smallest absolute Gasteiger partial charge is 0.0926 e. The van der Waals surface area contributed by atoms with Crippen molar-refractivity contribution in [1.29, 1.82) is 0 Å². The third-order valence-corrected chi connectivity index (χ3v) is 4.40. The van der Waals surface area contributed by atoms with Crippen LogP contribution < -0.4 is 5.32 Å². The molecule has 0 amide bonds. The van der Waals surface area contributed by atoms with Gasteiger partial charge in [0, 0.05) is 12.1 Å². The zero-order chi connectivity index (χ0) is 12.6. The molecular weight excluding hydrogens is 222 g/mol. The second-order valence-electron chi connectivity index (χ2n) is 5.76. The van der Waals surface area contributed by atoms with Crippen molar-refractivity contribution in [3.05, 3.63) is 42.0 Å². The molecule has 2 atom stereocenters. The van der Waals surface area contributed by atoms with Crippen molar-refractivity contribution < 1.29 is 5.11 Å².